The number of nitrogens with zero attached hydrogens (tertiary/aromatic N) is 1. The predicted octanol–water partition coefficient (Wildman–Crippen LogP) is 4.92. The lowest BCUT2D eigenvalue weighted by atomic mass is 9.97. The Bertz CT molecular complexity index is 1290. The van der Waals surface area contributed by atoms with Crippen molar-refractivity contribution >= 4 is 33.2 Å². The van der Waals surface area contributed by atoms with Crippen molar-refractivity contribution in [3.05, 3.63) is 82.4 Å². The van der Waals surface area contributed by atoms with E-state index in [1.165, 1.54) is 12.1 Å². The summed E-state index contributed by atoms with van der Waals surface area (Å²) in [7, 11) is -3.79. The van der Waals surface area contributed by atoms with E-state index in [2.05, 4.69) is 0 Å². The molecule has 1 atom stereocenters. The van der Waals surface area contributed by atoms with Crippen molar-refractivity contribution in [2.45, 2.75) is 31.1 Å². The highest BCUT2D eigenvalue weighted by Crippen LogP contribution is 2.40. The van der Waals surface area contributed by atoms with E-state index in [0.29, 0.717) is 29.4 Å². The Morgan fingerprint density at radius 3 is 2.41 bits per heavy atom. The fourth-order valence-electron chi connectivity index (χ4n) is 3.85. The third-order valence-corrected chi connectivity index (χ3v) is 6.75. The van der Waals surface area contributed by atoms with Crippen LogP contribution in [0.3, 0.4) is 0 Å². The first kappa shape index (κ1) is 22.3. The molecule has 166 valence electrons. The number of hydrogen-bond acceptors (Lipinski definition) is 4. The van der Waals surface area contributed by atoms with Crippen molar-refractivity contribution < 1.29 is 17.9 Å². The van der Waals surface area contributed by atoms with E-state index < -0.39 is 10.0 Å². The number of rotatable bonds is 5. The fraction of sp³-hybridized carbons (Fsp3) is 0.208. The number of amides is 1. The smallest absolute Gasteiger partial charge is 0.238 e. The van der Waals surface area contributed by atoms with Crippen LogP contribution in [0.1, 0.15) is 29.0 Å². The molecule has 3 aromatic carbocycles. The minimum absolute atomic E-state index is 0.00589. The summed E-state index contributed by atoms with van der Waals surface area (Å²) >= 11 is 6.25. The number of carbonyl (C=O) groups excluding carboxylic acids is 1. The molecule has 8 heteroatoms. The van der Waals surface area contributed by atoms with E-state index in [4.69, 9.17) is 21.5 Å². The maximum absolute atomic E-state index is 12.8. The van der Waals surface area contributed by atoms with Crippen molar-refractivity contribution in [2.75, 3.05) is 11.4 Å². The highest BCUT2D eigenvalue weighted by Gasteiger charge is 2.33. The number of benzene rings is 3. The van der Waals surface area contributed by atoms with Crippen LogP contribution in [0.15, 0.2) is 65.6 Å². The van der Waals surface area contributed by atoms with Crippen LogP contribution in [0.25, 0.3) is 0 Å². The lowest BCUT2D eigenvalue weighted by molar-refractivity contribution is -0.117. The molecule has 0 saturated carbocycles. The van der Waals surface area contributed by atoms with Crippen molar-refractivity contribution in [1.82, 2.24) is 0 Å². The fourth-order valence-corrected chi connectivity index (χ4v) is 4.53. The average molecular weight is 471 g/mol. The van der Waals surface area contributed by atoms with Gasteiger partial charge in [-0.3, -0.25) is 4.79 Å². The number of ether oxygens (including phenoxy) is 1. The minimum Gasteiger partial charge on any atom is -0.457 e. The second-order valence-electron chi connectivity index (χ2n) is 8.00. The van der Waals surface area contributed by atoms with Gasteiger partial charge in [0, 0.05) is 35.2 Å². The molecule has 4 rings (SSSR count). The predicted molar refractivity (Wildman–Crippen MR) is 125 cm³/mol. The van der Waals surface area contributed by atoms with E-state index in [0.717, 1.165) is 22.4 Å². The molecular formula is C24H23ClN2O4S. The summed E-state index contributed by atoms with van der Waals surface area (Å²) in [5.74, 6) is 1.22. The zero-order chi connectivity index (χ0) is 23.0. The quantitative estimate of drug-likeness (QED) is 0.573. The van der Waals surface area contributed by atoms with Gasteiger partial charge in [0.25, 0.3) is 0 Å². The molecule has 0 aromatic heterocycles. The highest BCUT2D eigenvalue weighted by molar-refractivity contribution is 7.89. The number of carbonyl (C=O) groups is 1. The van der Waals surface area contributed by atoms with Crippen molar-refractivity contribution in [2.24, 2.45) is 5.14 Å². The first-order chi connectivity index (χ1) is 15.1. The number of nitrogens with two attached hydrogens (primary N) is 1. The first-order valence-electron chi connectivity index (χ1n) is 10.1. The molecule has 1 aliphatic heterocycles. The molecule has 1 heterocycles. The summed E-state index contributed by atoms with van der Waals surface area (Å²) in [6.07, 6.45) is 0.307. The van der Waals surface area contributed by atoms with Gasteiger partial charge in [-0.2, -0.15) is 0 Å². The molecule has 32 heavy (non-hydrogen) atoms. The molecule has 0 radical (unpaired) electrons. The van der Waals surface area contributed by atoms with E-state index in [-0.39, 0.29) is 16.7 Å². The van der Waals surface area contributed by atoms with Crippen LogP contribution in [-0.2, 0) is 14.8 Å². The van der Waals surface area contributed by atoms with Crippen LogP contribution in [-0.4, -0.2) is 20.9 Å². The second-order valence-corrected chi connectivity index (χ2v) is 10.00. The van der Waals surface area contributed by atoms with E-state index >= 15 is 0 Å². The standard InChI is InChI=1S/C24H23ClN2O4S/c1-15-3-4-16(2)22(11-15)31-23-13-18(25)5-10-21(23)17-12-24(28)27(14-17)19-6-8-20(9-7-19)32(26,29)30/h3-11,13,17H,12,14H2,1-2H3,(H2,26,29,30)/t17-/m0/s1. The summed E-state index contributed by atoms with van der Waals surface area (Å²) in [6.45, 7) is 4.42. The molecule has 0 aliphatic carbocycles. The van der Waals surface area contributed by atoms with E-state index in [9.17, 15) is 13.2 Å². The highest BCUT2D eigenvalue weighted by atomic mass is 35.5. The maximum Gasteiger partial charge on any atom is 0.238 e. The molecule has 0 unspecified atom stereocenters. The van der Waals surface area contributed by atoms with Crippen LogP contribution in [0.2, 0.25) is 5.02 Å². The molecule has 1 fully saturated rings. The van der Waals surface area contributed by atoms with Gasteiger partial charge in [0.05, 0.1) is 4.90 Å². The molecule has 1 saturated heterocycles. The van der Waals surface area contributed by atoms with Crippen LogP contribution < -0.4 is 14.8 Å². The van der Waals surface area contributed by atoms with Gasteiger partial charge in [-0.25, -0.2) is 13.6 Å². The van der Waals surface area contributed by atoms with Gasteiger partial charge in [0.2, 0.25) is 15.9 Å². The number of aryl methyl sites for hydroxylation is 2. The Kier molecular flexibility index (Phi) is 5.99. The third kappa shape index (κ3) is 4.65. The lowest BCUT2D eigenvalue weighted by Gasteiger charge is -2.19. The molecule has 1 amide bonds. The monoisotopic (exact) mass is 470 g/mol. The van der Waals surface area contributed by atoms with Gasteiger partial charge in [-0.15, -0.1) is 0 Å². The Labute approximate surface area is 192 Å². The summed E-state index contributed by atoms with van der Waals surface area (Å²) < 4.78 is 29.2. The zero-order valence-corrected chi connectivity index (χ0v) is 19.3. The number of hydrogen-bond donors (Lipinski definition) is 1. The lowest BCUT2D eigenvalue weighted by Crippen LogP contribution is -2.24. The summed E-state index contributed by atoms with van der Waals surface area (Å²) in [4.78, 5) is 14.4. The van der Waals surface area contributed by atoms with Gasteiger partial charge in [-0.1, -0.05) is 29.8 Å². The third-order valence-electron chi connectivity index (χ3n) is 5.58. The topological polar surface area (TPSA) is 89.7 Å². The summed E-state index contributed by atoms with van der Waals surface area (Å²) in [5, 5.41) is 5.71. The van der Waals surface area contributed by atoms with Crippen LogP contribution in [0.5, 0.6) is 11.5 Å². The number of anilines is 1. The Morgan fingerprint density at radius 2 is 1.72 bits per heavy atom. The second kappa shape index (κ2) is 8.58. The van der Waals surface area contributed by atoms with Gasteiger partial charge in [-0.05, 0) is 67.4 Å². The molecule has 3 aromatic rings. The maximum atomic E-state index is 12.8. The normalized spacial score (nSPS) is 16.4. The SMILES string of the molecule is Cc1ccc(C)c(Oc2cc(Cl)ccc2[C@H]2CC(=O)N(c3ccc(S(N)(=O)=O)cc3)C2)c1. The molecule has 0 spiro atoms. The van der Waals surface area contributed by atoms with Crippen LogP contribution in [0, 0.1) is 13.8 Å². The molecule has 2 N–H and O–H groups in total. The number of halogens is 1. The Hall–Kier alpha value is -2.87. The zero-order valence-electron chi connectivity index (χ0n) is 17.7. The van der Waals surface area contributed by atoms with E-state index in [1.54, 1.807) is 29.2 Å². The Morgan fingerprint density at radius 1 is 1.00 bits per heavy atom. The summed E-state index contributed by atoms with van der Waals surface area (Å²) in [6, 6.07) is 17.5. The molecule has 0 bridgehead atoms. The molecule has 1 aliphatic rings. The molecule has 6 nitrogen and oxygen atoms in total. The Balaban J connectivity index is 1.62. The van der Waals surface area contributed by atoms with Crippen molar-refractivity contribution in [1.29, 1.82) is 0 Å². The first-order valence-corrected chi connectivity index (χ1v) is 12.0. The number of primary sulfonamides is 1. The van der Waals surface area contributed by atoms with Crippen molar-refractivity contribution in [3.8, 4) is 11.5 Å². The van der Waals surface area contributed by atoms with Gasteiger partial charge in [0.15, 0.2) is 0 Å². The van der Waals surface area contributed by atoms with Gasteiger partial charge in [0.1, 0.15) is 11.5 Å². The van der Waals surface area contributed by atoms with Gasteiger partial charge >= 0.3 is 0 Å². The van der Waals surface area contributed by atoms with Crippen molar-refractivity contribution in [3.63, 3.8) is 0 Å². The van der Waals surface area contributed by atoms with Crippen LogP contribution in [0.4, 0.5) is 5.69 Å². The minimum atomic E-state index is -3.79. The molecular weight excluding hydrogens is 448 g/mol. The largest absolute Gasteiger partial charge is 0.457 e. The van der Waals surface area contributed by atoms with E-state index in [1.807, 2.05) is 38.1 Å². The van der Waals surface area contributed by atoms with Gasteiger partial charge < -0.3 is 9.64 Å². The van der Waals surface area contributed by atoms with Crippen LogP contribution >= 0.6 is 11.6 Å². The average Bonchev–Trinajstić information content (AvgIpc) is 3.11. The summed E-state index contributed by atoms with van der Waals surface area (Å²) in [5.41, 5.74) is 3.60. The number of sulfonamides is 1.